The third kappa shape index (κ3) is 4.53. The monoisotopic (exact) mass is 318 g/mol. The fraction of sp³-hybridized carbons (Fsp3) is 0.125. The first-order chi connectivity index (χ1) is 10.6. The number of hydrogen-bond donors (Lipinski definition) is 2. The second kappa shape index (κ2) is 7.51. The van der Waals surface area contributed by atoms with E-state index in [1.54, 1.807) is 36.4 Å². The van der Waals surface area contributed by atoms with Crippen molar-refractivity contribution in [1.29, 1.82) is 0 Å². The van der Waals surface area contributed by atoms with Crippen LogP contribution >= 0.6 is 12.2 Å². The Morgan fingerprint density at radius 3 is 2.73 bits per heavy atom. The number of benzene rings is 2. The summed E-state index contributed by atoms with van der Waals surface area (Å²) in [4.78, 5) is 12.1. The largest absolute Gasteiger partial charge is 0.494 e. The minimum absolute atomic E-state index is 0.0948. The number of rotatable bonds is 4. The van der Waals surface area contributed by atoms with E-state index in [9.17, 15) is 9.18 Å². The molecular formula is C16H15FN2O2S. The third-order valence-electron chi connectivity index (χ3n) is 2.72. The Morgan fingerprint density at radius 1 is 1.23 bits per heavy atom. The maximum absolute atomic E-state index is 13.1. The van der Waals surface area contributed by atoms with E-state index in [1.165, 1.54) is 12.1 Å². The van der Waals surface area contributed by atoms with Crippen LogP contribution in [0.3, 0.4) is 0 Å². The fourth-order valence-corrected chi connectivity index (χ4v) is 2.01. The van der Waals surface area contributed by atoms with Gasteiger partial charge in [-0.2, -0.15) is 0 Å². The molecule has 114 valence electrons. The summed E-state index contributed by atoms with van der Waals surface area (Å²) in [5.41, 5.74) is 0.891. The maximum Gasteiger partial charge on any atom is 0.257 e. The summed E-state index contributed by atoms with van der Waals surface area (Å²) >= 11 is 5.04. The van der Waals surface area contributed by atoms with E-state index in [0.717, 1.165) is 0 Å². The number of carbonyl (C=O) groups excluding carboxylic acids is 1. The average molecular weight is 318 g/mol. The van der Waals surface area contributed by atoms with Crippen LogP contribution in [0, 0.1) is 5.82 Å². The highest BCUT2D eigenvalue weighted by Crippen LogP contribution is 2.13. The molecule has 0 bridgehead atoms. The van der Waals surface area contributed by atoms with Gasteiger partial charge in [0.1, 0.15) is 11.6 Å². The van der Waals surface area contributed by atoms with Crippen LogP contribution in [-0.4, -0.2) is 17.6 Å². The van der Waals surface area contributed by atoms with Crippen LogP contribution in [0.5, 0.6) is 5.75 Å². The number of anilines is 1. The summed E-state index contributed by atoms with van der Waals surface area (Å²) < 4.78 is 18.4. The van der Waals surface area contributed by atoms with Gasteiger partial charge in [0.05, 0.1) is 6.61 Å². The van der Waals surface area contributed by atoms with Gasteiger partial charge in [-0.05, 0) is 55.5 Å². The van der Waals surface area contributed by atoms with Crippen LogP contribution in [0.15, 0.2) is 48.5 Å². The van der Waals surface area contributed by atoms with Crippen molar-refractivity contribution in [3.05, 3.63) is 59.9 Å². The molecule has 0 fully saturated rings. The molecule has 0 aromatic heterocycles. The van der Waals surface area contributed by atoms with Gasteiger partial charge in [-0.3, -0.25) is 10.1 Å². The van der Waals surface area contributed by atoms with Gasteiger partial charge in [0.15, 0.2) is 5.11 Å². The van der Waals surface area contributed by atoms with Gasteiger partial charge in [0, 0.05) is 11.3 Å². The van der Waals surface area contributed by atoms with Gasteiger partial charge in [-0.1, -0.05) is 12.1 Å². The molecule has 22 heavy (non-hydrogen) atoms. The van der Waals surface area contributed by atoms with E-state index >= 15 is 0 Å². The molecule has 0 aliphatic heterocycles. The van der Waals surface area contributed by atoms with Crippen LogP contribution in [0.1, 0.15) is 17.3 Å². The van der Waals surface area contributed by atoms with Crippen molar-refractivity contribution in [2.45, 2.75) is 6.92 Å². The lowest BCUT2D eigenvalue weighted by molar-refractivity contribution is 0.0977. The average Bonchev–Trinajstić information content (AvgIpc) is 2.47. The normalized spacial score (nSPS) is 9.91. The Labute approximate surface area is 133 Å². The van der Waals surface area contributed by atoms with Gasteiger partial charge in [0.25, 0.3) is 5.91 Å². The van der Waals surface area contributed by atoms with E-state index in [-0.39, 0.29) is 16.8 Å². The Kier molecular flexibility index (Phi) is 5.43. The number of halogens is 1. The zero-order valence-electron chi connectivity index (χ0n) is 11.9. The van der Waals surface area contributed by atoms with Crippen molar-refractivity contribution in [3.8, 4) is 5.75 Å². The lowest BCUT2D eigenvalue weighted by Crippen LogP contribution is -2.34. The van der Waals surface area contributed by atoms with E-state index in [4.69, 9.17) is 17.0 Å². The minimum atomic E-state index is -0.386. The molecule has 0 unspecified atom stereocenters. The van der Waals surface area contributed by atoms with Crippen LogP contribution in [0.25, 0.3) is 0 Å². The molecule has 0 saturated heterocycles. The predicted molar refractivity (Wildman–Crippen MR) is 87.7 cm³/mol. The molecule has 0 heterocycles. The SMILES string of the molecule is CCOc1cccc(C(=O)NC(=S)Nc2cccc(F)c2)c1. The van der Waals surface area contributed by atoms with Crippen molar-refractivity contribution in [2.75, 3.05) is 11.9 Å². The Balaban J connectivity index is 1.99. The van der Waals surface area contributed by atoms with Crippen molar-refractivity contribution in [3.63, 3.8) is 0 Å². The molecule has 6 heteroatoms. The highest BCUT2D eigenvalue weighted by molar-refractivity contribution is 7.80. The molecule has 2 aromatic rings. The Morgan fingerprint density at radius 2 is 2.00 bits per heavy atom. The van der Waals surface area contributed by atoms with Crippen molar-refractivity contribution in [2.24, 2.45) is 0 Å². The highest BCUT2D eigenvalue weighted by Gasteiger charge is 2.09. The number of ether oxygens (including phenoxy) is 1. The molecule has 4 nitrogen and oxygen atoms in total. The third-order valence-corrected chi connectivity index (χ3v) is 2.92. The smallest absolute Gasteiger partial charge is 0.257 e. The molecule has 2 aromatic carbocycles. The number of hydrogen-bond acceptors (Lipinski definition) is 3. The zero-order valence-corrected chi connectivity index (χ0v) is 12.7. The van der Waals surface area contributed by atoms with E-state index < -0.39 is 0 Å². The van der Waals surface area contributed by atoms with Gasteiger partial charge in [-0.25, -0.2) is 4.39 Å². The van der Waals surface area contributed by atoms with Gasteiger partial charge < -0.3 is 10.1 Å². The van der Waals surface area contributed by atoms with Crippen molar-refractivity contribution in [1.82, 2.24) is 5.32 Å². The lowest BCUT2D eigenvalue weighted by atomic mass is 10.2. The first kappa shape index (κ1) is 15.9. The summed E-state index contributed by atoms with van der Waals surface area (Å²) in [5.74, 6) is -0.141. The highest BCUT2D eigenvalue weighted by atomic mass is 32.1. The van der Waals surface area contributed by atoms with Crippen molar-refractivity contribution < 1.29 is 13.9 Å². The standard InChI is InChI=1S/C16H15FN2O2S/c1-2-21-14-8-3-5-11(9-14)15(20)19-16(22)18-13-7-4-6-12(17)10-13/h3-10H,2H2,1H3,(H2,18,19,20,22). The van der Waals surface area contributed by atoms with E-state index in [1.807, 2.05) is 6.92 Å². The van der Waals surface area contributed by atoms with Crippen LogP contribution in [0.4, 0.5) is 10.1 Å². The second-order valence-electron chi connectivity index (χ2n) is 4.38. The van der Waals surface area contributed by atoms with Gasteiger partial charge >= 0.3 is 0 Å². The molecule has 0 saturated carbocycles. The first-order valence-electron chi connectivity index (χ1n) is 6.69. The maximum atomic E-state index is 13.1. The van der Waals surface area contributed by atoms with Crippen LogP contribution < -0.4 is 15.4 Å². The van der Waals surface area contributed by atoms with Crippen molar-refractivity contribution >= 4 is 28.9 Å². The fourth-order valence-electron chi connectivity index (χ4n) is 1.80. The number of carbonyl (C=O) groups is 1. The molecule has 0 spiro atoms. The summed E-state index contributed by atoms with van der Waals surface area (Å²) in [5, 5.41) is 5.38. The number of nitrogens with one attached hydrogen (secondary N) is 2. The molecular weight excluding hydrogens is 303 g/mol. The molecule has 2 rings (SSSR count). The topological polar surface area (TPSA) is 50.4 Å². The lowest BCUT2D eigenvalue weighted by Gasteiger charge is -2.10. The van der Waals surface area contributed by atoms with Crippen LogP contribution in [0.2, 0.25) is 0 Å². The molecule has 0 aliphatic carbocycles. The predicted octanol–water partition coefficient (Wildman–Crippen LogP) is 3.35. The number of thiocarbonyl (C=S) groups is 1. The quantitative estimate of drug-likeness (QED) is 0.849. The second-order valence-corrected chi connectivity index (χ2v) is 4.79. The van der Waals surface area contributed by atoms with Gasteiger partial charge in [-0.15, -0.1) is 0 Å². The van der Waals surface area contributed by atoms with E-state index in [0.29, 0.717) is 23.6 Å². The molecule has 0 atom stereocenters. The number of amides is 1. The molecule has 1 amide bonds. The zero-order chi connectivity index (χ0) is 15.9. The molecule has 0 radical (unpaired) electrons. The Bertz CT molecular complexity index is 691. The summed E-state index contributed by atoms with van der Waals surface area (Å²) in [6.07, 6.45) is 0. The minimum Gasteiger partial charge on any atom is -0.494 e. The first-order valence-corrected chi connectivity index (χ1v) is 7.10. The molecule has 2 N–H and O–H groups in total. The Hall–Kier alpha value is -2.47. The summed E-state index contributed by atoms with van der Waals surface area (Å²) in [6, 6.07) is 12.6. The van der Waals surface area contributed by atoms with E-state index in [2.05, 4.69) is 10.6 Å². The summed E-state index contributed by atoms with van der Waals surface area (Å²) in [6.45, 7) is 2.38. The molecule has 0 aliphatic rings. The van der Waals surface area contributed by atoms with Gasteiger partial charge in [0.2, 0.25) is 0 Å². The summed E-state index contributed by atoms with van der Waals surface area (Å²) in [7, 11) is 0. The van der Waals surface area contributed by atoms with Crippen LogP contribution in [-0.2, 0) is 0 Å².